The standard InChI is InChI=1S/C46H90N2O5/c1-7-10-13-16-18-19-20-21-22-23-24-25-27-32-39-48(40-33-38-47-45(51)53-46(4,5)6)43(49)36-30-31-37-44(50)52-41-42(34-28-15-12-9-3)35-29-26-17-14-11-8-2/h42H,7-41H2,1-6H3,(H,47,51). The number of carbonyl (C=O) groups is 3. The molecule has 0 fully saturated rings. The van der Waals surface area contributed by atoms with E-state index in [1.54, 1.807) is 0 Å². The summed E-state index contributed by atoms with van der Waals surface area (Å²) in [6.45, 7) is 14.7. The lowest BCUT2D eigenvalue weighted by Gasteiger charge is -2.24. The molecule has 7 heteroatoms. The molecule has 2 amide bonds. The molecule has 0 aromatic carbocycles. The van der Waals surface area contributed by atoms with E-state index in [0.29, 0.717) is 57.7 Å². The van der Waals surface area contributed by atoms with Gasteiger partial charge < -0.3 is 19.7 Å². The summed E-state index contributed by atoms with van der Waals surface area (Å²) in [6, 6.07) is 0. The van der Waals surface area contributed by atoms with Crippen molar-refractivity contribution in [3.63, 3.8) is 0 Å². The number of esters is 1. The van der Waals surface area contributed by atoms with Gasteiger partial charge in [-0.1, -0.05) is 168 Å². The van der Waals surface area contributed by atoms with Gasteiger partial charge in [0.15, 0.2) is 0 Å². The van der Waals surface area contributed by atoms with Crippen LogP contribution in [0.25, 0.3) is 0 Å². The molecule has 0 aliphatic rings. The third-order valence-electron chi connectivity index (χ3n) is 10.3. The molecular weight excluding hydrogens is 661 g/mol. The highest BCUT2D eigenvalue weighted by atomic mass is 16.6. The maximum atomic E-state index is 13.3. The normalized spacial score (nSPS) is 12.1. The number of unbranched alkanes of at least 4 members (excludes halogenated alkanes) is 22. The maximum absolute atomic E-state index is 13.3. The summed E-state index contributed by atoms with van der Waals surface area (Å²) < 4.78 is 11.1. The Hall–Kier alpha value is -1.79. The van der Waals surface area contributed by atoms with Gasteiger partial charge in [-0.05, 0) is 65.2 Å². The van der Waals surface area contributed by atoms with E-state index in [1.807, 2.05) is 25.7 Å². The lowest BCUT2D eigenvalue weighted by Crippen LogP contribution is -2.36. The number of carbonyl (C=O) groups excluding carboxylic acids is 3. The molecule has 314 valence electrons. The zero-order valence-electron chi connectivity index (χ0n) is 36.3. The second kappa shape index (κ2) is 37.1. The van der Waals surface area contributed by atoms with Crippen molar-refractivity contribution in [2.75, 3.05) is 26.2 Å². The van der Waals surface area contributed by atoms with Gasteiger partial charge in [0.1, 0.15) is 5.60 Å². The Morgan fingerprint density at radius 1 is 0.528 bits per heavy atom. The topological polar surface area (TPSA) is 84.9 Å². The molecule has 0 aliphatic carbocycles. The summed E-state index contributed by atoms with van der Waals surface area (Å²) in [7, 11) is 0. The van der Waals surface area contributed by atoms with Gasteiger partial charge in [-0.3, -0.25) is 9.59 Å². The summed E-state index contributed by atoms with van der Waals surface area (Å²) in [6.07, 6.45) is 35.9. The summed E-state index contributed by atoms with van der Waals surface area (Å²) in [4.78, 5) is 40.0. The number of nitrogens with one attached hydrogen (secondary N) is 1. The molecule has 0 saturated carbocycles. The number of rotatable bonds is 38. The molecule has 0 bridgehead atoms. The SMILES string of the molecule is CCCCCCCCCCCCCCCCN(CCCNC(=O)OC(C)(C)C)C(=O)CCCCC(=O)OCC(CCCCCC)CCCCCCCC. The van der Waals surface area contributed by atoms with Crippen LogP contribution in [-0.4, -0.2) is 54.7 Å². The number of hydrogen-bond donors (Lipinski definition) is 1. The first-order valence-corrected chi connectivity index (χ1v) is 23.0. The number of hydrogen-bond acceptors (Lipinski definition) is 5. The highest BCUT2D eigenvalue weighted by Crippen LogP contribution is 2.20. The third-order valence-corrected chi connectivity index (χ3v) is 10.3. The van der Waals surface area contributed by atoms with Crippen LogP contribution in [0.4, 0.5) is 4.79 Å². The average molecular weight is 751 g/mol. The smallest absolute Gasteiger partial charge is 0.407 e. The number of ether oxygens (including phenoxy) is 2. The van der Waals surface area contributed by atoms with E-state index >= 15 is 0 Å². The Morgan fingerprint density at radius 3 is 1.43 bits per heavy atom. The quantitative estimate of drug-likeness (QED) is 0.0502. The Kier molecular flexibility index (Phi) is 35.9. The molecule has 0 aromatic heterocycles. The highest BCUT2D eigenvalue weighted by molar-refractivity contribution is 5.76. The summed E-state index contributed by atoms with van der Waals surface area (Å²) in [5.74, 6) is 0.500. The van der Waals surface area contributed by atoms with Crippen LogP contribution in [0.15, 0.2) is 0 Å². The van der Waals surface area contributed by atoms with Crippen molar-refractivity contribution in [1.82, 2.24) is 10.2 Å². The van der Waals surface area contributed by atoms with Crippen molar-refractivity contribution >= 4 is 18.0 Å². The van der Waals surface area contributed by atoms with E-state index in [-0.39, 0.29) is 11.9 Å². The van der Waals surface area contributed by atoms with Crippen LogP contribution in [0, 0.1) is 5.92 Å². The van der Waals surface area contributed by atoms with Crippen molar-refractivity contribution in [1.29, 1.82) is 0 Å². The fourth-order valence-corrected chi connectivity index (χ4v) is 7.00. The Labute approximate surface area is 329 Å². The predicted molar refractivity (Wildman–Crippen MR) is 225 cm³/mol. The third kappa shape index (κ3) is 36.9. The lowest BCUT2D eigenvalue weighted by molar-refractivity contribution is -0.145. The van der Waals surface area contributed by atoms with Crippen molar-refractivity contribution in [2.45, 2.75) is 246 Å². The van der Waals surface area contributed by atoms with Gasteiger partial charge in [-0.25, -0.2) is 4.79 Å². The van der Waals surface area contributed by atoms with Crippen LogP contribution in [0.3, 0.4) is 0 Å². The van der Waals surface area contributed by atoms with E-state index in [4.69, 9.17) is 9.47 Å². The largest absolute Gasteiger partial charge is 0.465 e. The Morgan fingerprint density at radius 2 is 0.943 bits per heavy atom. The van der Waals surface area contributed by atoms with Crippen molar-refractivity contribution in [3.8, 4) is 0 Å². The minimum absolute atomic E-state index is 0.119. The Balaban J connectivity index is 4.56. The van der Waals surface area contributed by atoms with Crippen LogP contribution in [-0.2, 0) is 19.1 Å². The van der Waals surface area contributed by atoms with Crippen molar-refractivity contribution in [2.24, 2.45) is 5.92 Å². The maximum Gasteiger partial charge on any atom is 0.407 e. The summed E-state index contributed by atoms with van der Waals surface area (Å²) >= 11 is 0. The first-order valence-electron chi connectivity index (χ1n) is 23.0. The molecule has 0 aromatic rings. The number of nitrogens with zero attached hydrogens (tertiary/aromatic N) is 1. The van der Waals surface area contributed by atoms with E-state index < -0.39 is 11.7 Å². The molecule has 1 unspecified atom stereocenters. The van der Waals surface area contributed by atoms with Crippen LogP contribution >= 0.6 is 0 Å². The van der Waals surface area contributed by atoms with E-state index in [1.165, 1.54) is 141 Å². The molecular formula is C46H90N2O5. The highest BCUT2D eigenvalue weighted by Gasteiger charge is 2.17. The molecule has 1 N–H and O–H groups in total. The van der Waals surface area contributed by atoms with Gasteiger partial charge in [-0.2, -0.15) is 0 Å². The summed E-state index contributed by atoms with van der Waals surface area (Å²) in [5.41, 5.74) is -0.532. The molecule has 0 aliphatic heterocycles. The van der Waals surface area contributed by atoms with Gasteiger partial charge in [-0.15, -0.1) is 0 Å². The van der Waals surface area contributed by atoms with Crippen molar-refractivity contribution < 1.29 is 23.9 Å². The Bertz CT molecular complexity index is 842. The van der Waals surface area contributed by atoms with Crippen LogP contribution in [0.1, 0.15) is 241 Å². The zero-order valence-corrected chi connectivity index (χ0v) is 36.3. The van der Waals surface area contributed by atoms with Gasteiger partial charge in [0.2, 0.25) is 5.91 Å². The van der Waals surface area contributed by atoms with E-state index in [2.05, 4.69) is 26.1 Å². The van der Waals surface area contributed by atoms with Gasteiger partial charge in [0.25, 0.3) is 0 Å². The molecule has 7 nitrogen and oxygen atoms in total. The second-order valence-electron chi connectivity index (χ2n) is 16.9. The molecule has 0 saturated heterocycles. The van der Waals surface area contributed by atoms with Crippen LogP contribution in [0.5, 0.6) is 0 Å². The fraction of sp³-hybridized carbons (Fsp3) is 0.935. The molecule has 0 heterocycles. The molecule has 0 radical (unpaired) electrons. The van der Waals surface area contributed by atoms with Crippen LogP contribution < -0.4 is 5.32 Å². The summed E-state index contributed by atoms with van der Waals surface area (Å²) in [5, 5.41) is 2.83. The average Bonchev–Trinajstić information content (AvgIpc) is 3.12. The minimum Gasteiger partial charge on any atom is -0.465 e. The predicted octanol–water partition coefficient (Wildman–Crippen LogP) is 13.7. The van der Waals surface area contributed by atoms with Crippen molar-refractivity contribution in [3.05, 3.63) is 0 Å². The lowest BCUT2D eigenvalue weighted by atomic mass is 9.95. The molecule has 0 spiro atoms. The van der Waals surface area contributed by atoms with Gasteiger partial charge >= 0.3 is 12.1 Å². The molecule has 1 atom stereocenters. The first-order chi connectivity index (χ1) is 25.6. The number of amides is 2. The zero-order chi connectivity index (χ0) is 39.3. The molecule has 53 heavy (non-hydrogen) atoms. The van der Waals surface area contributed by atoms with Gasteiger partial charge in [0, 0.05) is 32.5 Å². The number of alkyl carbamates (subject to hydrolysis) is 1. The first kappa shape index (κ1) is 51.2. The van der Waals surface area contributed by atoms with E-state index in [0.717, 1.165) is 32.2 Å². The minimum atomic E-state index is -0.532. The molecule has 0 rings (SSSR count). The monoisotopic (exact) mass is 751 g/mol. The second-order valence-corrected chi connectivity index (χ2v) is 16.9. The van der Waals surface area contributed by atoms with Crippen LogP contribution in [0.2, 0.25) is 0 Å². The fourth-order valence-electron chi connectivity index (χ4n) is 7.00. The van der Waals surface area contributed by atoms with E-state index in [9.17, 15) is 14.4 Å². The van der Waals surface area contributed by atoms with Gasteiger partial charge in [0.05, 0.1) is 6.61 Å².